The number of hydrogen-bond acceptors (Lipinski definition) is 5. The lowest BCUT2D eigenvalue weighted by Gasteiger charge is -2.25. The summed E-state index contributed by atoms with van der Waals surface area (Å²) in [6, 6.07) is 27.7. The Bertz CT molecular complexity index is 1710. The van der Waals surface area contributed by atoms with Crippen molar-refractivity contribution in [1.29, 1.82) is 0 Å². The number of anilines is 3. The molecule has 46 heavy (non-hydrogen) atoms. The largest absolute Gasteiger partial charge is 0.478 e. The third-order valence-corrected chi connectivity index (χ3v) is 8.16. The van der Waals surface area contributed by atoms with Gasteiger partial charge < -0.3 is 20.5 Å². The van der Waals surface area contributed by atoms with Gasteiger partial charge in [0.2, 0.25) is 5.91 Å². The van der Waals surface area contributed by atoms with E-state index in [4.69, 9.17) is 9.84 Å². The molecule has 0 heterocycles. The molecule has 0 aromatic heterocycles. The van der Waals surface area contributed by atoms with Crippen molar-refractivity contribution in [3.63, 3.8) is 0 Å². The minimum absolute atomic E-state index is 0.0923. The van der Waals surface area contributed by atoms with Crippen LogP contribution < -0.4 is 20.4 Å². The minimum Gasteiger partial charge on any atom is -0.478 e. The van der Waals surface area contributed by atoms with Gasteiger partial charge in [-0.15, -0.1) is 0 Å². The van der Waals surface area contributed by atoms with Crippen LogP contribution in [0, 0.1) is 5.92 Å². The van der Waals surface area contributed by atoms with Gasteiger partial charge in [0.15, 0.2) is 0 Å². The van der Waals surface area contributed by atoms with Crippen LogP contribution in [0.5, 0.6) is 0 Å². The van der Waals surface area contributed by atoms with E-state index in [1.807, 2.05) is 50.2 Å². The van der Waals surface area contributed by atoms with Crippen LogP contribution in [0.15, 0.2) is 97.1 Å². The van der Waals surface area contributed by atoms with Crippen LogP contribution in [0.4, 0.5) is 26.7 Å². The number of carboxylic acid groups (broad SMARTS) is 1. The fourth-order valence-corrected chi connectivity index (χ4v) is 5.56. The van der Waals surface area contributed by atoms with Crippen molar-refractivity contribution in [2.24, 2.45) is 5.92 Å². The number of ether oxygens (including phenoxy) is 1. The highest BCUT2D eigenvalue weighted by Crippen LogP contribution is 2.44. The second-order valence-electron chi connectivity index (χ2n) is 11.5. The molecule has 4 aromatic carbocycles. The van der Waals surface area contributed by atoms with E-state index in [0.29, 0.717) is 17.1 Å². The Morgan fingerprint density at radius 3 is 1.76 bits per heavy atom. The van der Waals surface area contributed by atoms with E-state index in [2.05, 4.69) is 22.8 Å². The molecule has 0 saturated carbocycles. The SMILES string of the molecule is CC(C)[C@H](NC(=O)OCC1c2ccccc2-c2ccccc21)C(=O)Nc1ccc(N(C)C(=O)N(C)c2ccc(C(=O)O)cc2)cc1. The summed E-state index contributed by atoms with van der Waals surface area (Å²) in [5.41, 5.74) is 6.21. The molecule has 0 unspecified atom stereocenters. The summed E-state index contributed by atoms with van der Waals surface area (Å²) < 4.78 is 5.66. The van der Waals surface area contributed by atoms with Gasteiger partial charge in [-0.1, -0.05) is 62.4 Å². The van der Waals surface area contributed by atoms with Crippen molar-refractivity contribution in [1.82, 2.24) is 5.32 Å². The average Bonchev–Trinajstić information content (AvgIpc) is 3.39. The Balaban J connectivity index is 1.17. The Labute approximate surface area is 267 Å². The van der Waals surface area contributed by atoms with Gasteiger partial charge in [0.05, 0.1) is 5.56 Å². The lowest BCUT2D eigenvalue weighted by molar-refractivity contribution is -0.119. The summed E-state index contributed by atoms with van der Waals surface area (Å²) in [5.74, 6) is -1.75. The predicted molar refractivity (Wildman–Crippen MR) is 178 cm³/mol. The molecular formula is C36H36N4O6. The third-order valence-electron chi connectivity index (χ3n) is 8.16. The molecule has 1 aliphatic rings. The number of benzene rings is 4. The monoisotopic (exact) mass is 620 g/mol. The molecule has 1 atom stereocenters. The molecule has 4 amide bonds. The fraction of sp³-hybridized carbons (Fsp3) is 0.222. The molecule has 5 rings (SSSR count). The van der Waals surface area contributed by atoms with Crippen LogP contribution in [-0.2, 0) is 9.53 Å². The summed E-state index contributed by atoms with van der Waals surface area (Å²) in [6.07, 6.45) is -0.673. The van der Waals surface area contributed by atoms with Gasteiger partial charge in [-0.2, -0.15) is 0 Å². The number of rotatable bonds is 9. The van der Waals surface area contributed by atoms with Crippen LogP contribution in [0.1, 0.15) is 41.3 Å². The number of carbonyl (C=O) groups is 4. The van der Waals surface area contributed by atoms with Gasteiger partial charge in [-0.05, 0) is 76.7 Å². The summed E-state index contributed by atoms with van der Waals surface area (Å²) in [5, 5.41) is 14.7. The van der Waals surface area contributed by atoms with Crippen molar-refractivity contribution in [2.45, 2.75) is 25.8 Å². The molecule has 10 nitrogen and oxygen atoms in total. The van der Waals surface area contributed by atoms with Crippen molar-refractivity contribution < 1.29 is 29.0 Å². The molecule has 1 aliphatic carbocycles. The maximum atomic E-state index is 13.2. The number of fused-ring (bicyclic) bond motifs is 3. The lowest BCUT2D eigenvalue weighted by atomic mass is 9.98. The third kappa shape index (κ3) is 6.71. The lowest BCUT2D eigenvalue weighted by Crippen LogP contribution is -2.47. The quantitative estimate of drug-likeness (QED) is 0.194. The van der Waals surface area contributed by atoms with Gasteiger partial charge in [-0.25, -0.2) is 14.4 Å². The fourth-order valence-electron chi connectivity index (χ4n) is 5.56. The zero-order valence-corrected chi connectivity index (χ0v) is 26.1. The number of nitrogens with zero attached hydrogens (tertiary/aromatic N) is 2. The zero-order valence-electron chi connectivity index (χ0n) is 26.1. The first-order valence-electron chi connectivity index (χ1n) is 14.9. The van der Waals surface area contributed by atoms with Gasteiger partial charge in [0, 0.05) is 37.1 Å². The molecule has 10 heteroatoms. The van der Waals surface area contributed by atoms with Crippen LogP contribution in [-0.4, -0.2) is 55.9 Å². The van der Waals surface area contributed by atoms with Crippen LogP contribution in [0.2, 0.25) is 0 Å². The first-order chi connectivity index (χ1) is 22.0. The molecule has 0 spiro atoms. The van der Waals surface area contributed by atoms with Crippen molar-refractivity contribution in [3.05, 3.63) is 114 Å². The van der Waals surface area contributed by atoms with E-state index in [0.717, 1.165) is 22.3 Å². The van der Waals surface area contributed by atoms with Gasteiger partial charge in [0.1, 0.15) is 12.6 Å². The van der Waals surface area contributed by atoms with Crippen molar-refractivity contribution >= 4 is 41.1 Å². The Morgan fingerprint density at radius 1 is 0.761 bits per heavy atom. The average molecular weight is 621 g/mol. The summed E-state index contributed by atoms with van der Waals surface area (Å²) >= 11 is 0. The van der Waals surface area contributed by atoms with Crippen LogP contribution >= 0.6 is 0 Å². The van der Waals surface area contributed by atoms with Crippen LogP contribution in [0.25, 0.3) is 11.1 Å². The van der Waals surface area contributed by atoms with E-state index in [-0.39, 0.29) is 30.0 Å². The number of carboxylic acids is 1. The minimum atomic E-state index is -1.04. The van der Waals surface area contributed by atoms with E-state index in [9.17, 15) is 19.2 Å². The normalized spacial score (nSPS) is 12.5. The van der Waals surface area contributed by atoms with Gasteiger partial charge >= 0.3 is 18.1 Å². The highest BCUT2D eigenvalue weighted by molar-refractivity contribution is 6.03. The Kier molecular flexibility index (Phi) is 9.37. The number of carbonyl (C=O) groups excluding carboxylic acids is 3. The molecule has 236 valence electrons. The molecule has 4 aromatic rings. The number of hydrogen-bond donors (Lipinski definition) is 3. The molecule has 0 radical (unpaired) electrons. The van der Waals surface area contributed by atoms with Crippen LogP contribution in [0.3, 0.4) is 0 Å². The standard InChI is InChI=1S/C36H36N4O6/c1-22(2)32(38-35(44)46-21-31-29-11-7-5-9-27(29)28-10-6-8-12-30(28)31)33(41)37-24-15-19-26(20-16-24)40(4)36(45)39(3)25-17-13-23(14-18-25)34(42)43/h5-20,22,31-32H,21H2,1-4H3,(H,37,41)(H,38,44)(H,42,43)/t32-/m0/s1. The molecule has 0 saturated heterocycles. The Morgan fingerprint density at radius 2 is 1.26 bits per heavy atom. The molecule has 0 aliphatic heterocycles. The second-order valence-corrected chi connectivity index (χ2v) is 11.5. The summed E-state index contributed by atoms with van der Waals surface area (Å²) in [7, 11) is 3.21. The van der Waals surface area contributed by atoms with E-state index < -0.39 is 24.0 Å². The van der Waals surface area contributed by atoms with E-state index >= 15 is 0 Å². The van der Waals surface area contributed by atoms with Gasteiger partial charge in [0.25, 0.3) is 0 Å². The Hall–Kier alpha value is -5.64. The molecule has 0 fully saturated rings. The first-order valence-corrected chi connectivity index (χ1v) is 14.9. The summed E-state index contributed by atoms with van der Waals surface area (Å²) in [4.78, 5) is 53.2. The molecular weight excluding hydrogens is 584 g/mol. The topological polar surface area (TPSA) is 128 Å². The van der Waals surface area contributed by atoms with E-state index in [1.54, 1.807) is 50.5 Å². The van der Waals surface area contributed by atoms with Crippen molar-refractivity contribution in [2.75, 3.05) is 35.8 Å². The predicted octanol–water partition coefficient (Wildman–Crippen LogP) is 6.58. The smallest absolute Gasteiger partial charge is 0.407 e. The second kappa shape index (κ2) is 13.6. The molecule has 3 N–H and O–H groups in total. The number of alkyl carbamates (subject to hydrolysis) is 1. The highest BCUT2D eigenvalue weighted by atomic mass is 16.5. The number of aromatic carboxylic acids is 1. The number of amides is 4. The van der Waals surface area contributed by atoms with E-state index in [1.165, 1.54) is 21.9 Å². The maximum Gasteiger partial charge on any atom is 0.407 e. The molecule has 0 bridgehead atoms. The highest BCUT2D eigenvalue weighted by Gasteiger charge is 2.30. The summed E-state index contributed by atoms with van der Waals surface area (Å²) in [6.45, 7) is 3.82. The zero-order chi connectivity index (χ0) is 33.0. The number of urea groups is 1. The van der Waals surface area contributed by atoms with Crippen molar-refractivity contribution in [3.8, 4) is 11.1 Å². The first kappa shape index (κ1) is 31.8. The van der Waals surface area contributed by atoms with Gasteiger partial charge in [-0.3, -0.25) is 14.6 Å². The maximum absolute atomic E-state index is 13.2. The number of nitrogens with one attached hydrogen (secondary N) is 2.